The number of likely N-dealkylation sites (N-methyl/N-ethyl adjacent to an activating group) is 1. The zero-order valence-corrected chi connectivity index (χ0v) is 11.4. The van der Waals surface area contributed by atoms with Gasteiger partial charge in [0.25, 0.3) is 0 Å². The average molecular weight is 232 g/mol. The first kappa shape index (κ1) is 15.8. The summed E-state index contributed by atoms with van der Waals surface area (Å²) in [5.41, 5.74) is -1.40. The molecule has 0 aromatic rings. The van der Waals surface area contributed by atoms with Gasteiger partial charge in [-0.2, -0.15) is 0 Å². The van der Waals surface area contributed by atoms with Gasteiger partial charge in [0.05, 0.1) is 11.2 Å². The quantitative estimate of drug-likeness (QED) is 0.568. The zero-order chi connectivity index (χ0) is 12.8. The first-order valence-corrected chi connectivity index (χ1v) is 6.05. The van der Waals surface area contributed by atoms with Crippen LogP contribution < -0.4 is 5.32 Å². The summed E-state index contributed by atoms with van der Waals surface area (Å²) < 4.78 is 0. The van der Waals surface area contributed by atoms with Crippen LogP contribution in [0.1, 0.15) is 33.6 Å². The maximum absolute atomic E-state index is 10.1. The Balaban J connectivity index is 3.96. The topological polar surface area (TPSA) is 55.7 Å². The molecule has 0 aliphatic heterocycles. The Morgan fingerprint density at radius 2 is 1.56 bits per heavy atom. The van der Waals surface area contributed by atoms with Crippen molar-refractivity contribution in [2.75, 3.05) is 33.7 Å². The molecule has 0 bridgehead atoms. The van der Waals surface area contributed by atoms with Crippen LogP contribution in [-0.2, 0) is 0 Å². The average Bonchev–Trinajstić information content (AvgIpc) is 2.15. The smallest absolute Gasteiger partial charge is 0.0869 e. The summed E-state index contributed by atoms with van der Waals surface area (Å²) in [6.07, 6.45) is 1.46. The van der Waals surface area contributed by atoms with Crippen molar-refractivity contribution in [2.24, 2.45) is 0 Å². The molecule has 0 aliphatic carbocycles. The number of rotatable bonds is 8. The molecule has 16 heavy (non-hydrogen) atoms. The van der Waals surface area contributed by atoms with Crippen molar-refractivity contribution >= 4 is 0 Å². The molecule has 1 unspecified atom stereocenters. The van der Waals surface area contributed by atoms with Crippen molar-refractivity contribution in [1.82, 2.24) is 10.2 Å². The molecule has 1 atom stereocenters. The Labute approximate surface area is 99.7 Å². The molecule has 0 saturated heterocycles. The highest BCUT2D eigenvalue weighted by Gasteiger charge is 2.25. The second kappa shape index (κ2) is 6.55. The summed E-state index contributed by atoms with van der Waals surface area (Å²) in [4.78, 5) is 1.95. The summed E-state index contributed by atoms with van der Waals surface area (Å²) >= 11 is 0. The Kier molecular flexibility index (Phi) is 6.48. The molecule has 0 heterocycles. The van der Waals surface area contributed by atoms with Gasteiger partial charge in [-0.05, 0) is 33.9 Å². The second-order valence-corrected chi connectivity index (χ2v) is 5.27. The molecule has 98 valence electrons. The van der Waals surface area contributed by atoms with E-state index in [1.165, 1.54) is 0 Å². The number of aliphatic hydroxyl groups is 2. The first-order chi connectivity index (χ1) is 7.24. The number of nitrogens with zero attached hydrogens (tertiary/aromatic N) is 1. The second-order valence-electron chi connectivity index (χ2n) is 5.27. The third-order valence-corrected chi connectivity index (χ3v) is 2.93. The van der Waals surface area contributed by atoms with E-state index in [4.69, 9.17) is 0 Å². The standard InChI is InChI=1S/C12H28N2O2/c1-6-12(16,7-2)9-13-8-11(3,15)10-14(4)5/h13,15-16H,6-10H2,1-5H3. The van der Waals surface area contributed by atoms with Crippen LogP contribution in [0.25, 0.3) is 0 Å². The van der Waals surface area contributed by atoms with Crippen molar-refractivity contribution in [1.29, 1.82) is 0 Å². The molecule has 0 aromatic heterocycles. The third-order valence-electron chi connectivity index (χ3n) is 2.93. The van der Waals surface area contributed by atoms with E-state index in [0.717, 1.165) is 12.8 Å². The van der Waals surface area contributed by atoms with E-state index in [9.17, 15) is 10.2 Å². The lowest BCUT2D eigenvalue weighted by Crippen LogP contribution is -2.49. The minimum Gasteiger partial charge on any atom is -0.389 e. The van der Waals surface area contributed by atoms with Crippen molar-refractivity contribution in [2.45, 2.75) is 44.8 Å². The fourth-order valence-corrected chi connectivity index (χ4v) is 1.80. The van der Waals surface area contributed by atoms with Crippen LogP contribution in [0.3, 0.4) is 0 Å². The van der Waals surface area contributed by atoms with E-state index in [2.05, 4.69) is 5.32 Å². The van der Waals surface area contributed by atoms with Gasteiger partial charge in [-0.25, -0.2) is 0 Å². The van der Waals surface area contributed by atoms with Crippen LogP contribution in [0.2, 0.25) is 0 Å². The Bertz CT molecular complexity index is 189. The van der Waals surface area contributed by atoms with Gasteiger partial charge in [-0.3, -0.25) is 0 Å². The van der Waals surface area contributed by atoms with Crippen LogP contribution in [-0.4, -0.2) is 60.0 Å². The summed E-state index contributed by atoms with van der Waals surface area (Å²) in [5.74, 6) is 0. The van der Waals surface area contributed by atoms with Crippen molar-refractivity contribution in [3.63, 3.8) is 0 Å². The summed E-state index contributed by atoms with van der Waals surface area (Å²) in [7, 11) is 3.87. The molecule has 0 spiro atoms. The molecule has 0 fully saturated rings. The lowest BCUT2D eigenvalue weighted by atomic mass is 9.97. The minimum absolute atomic E-state index is 0.494. The van der Waals surface area contributed by atoms with Gasteiger partial charge in [0, 0.05) is 19.6 Å². The molecule has 4 nitrogen and oxygen atoms in total. The highest BCUT2D eigenvalue weighted by molar-refractivity contribution is 4.82. The minimum atomic E-state index is -0.758. The van der Waals surface area contributed by atoms with Gasteiger partial charge in [-0.15, -0.1) is 0 Å². The number of nitrogens with one attached hydrogen (secondary N) is 1. The van der Waals surface area contributed by atoms with Gasteiger partial charge in [-0.1, -0.05) is 13.8 Å². The van der Waals surface area contributed by atoms with Crippen molar-refractivity contribution in [3.05, 3.63) is 0 Å². The van der Waals surface area contributed by atoms with Crippen molar-refractivity contribution in [3.8, 4) is 0 Å². The molecular formula is C12H28N2O2. The fraction of sp³-hybridized carbons (Fsp3) is 1.00. The summed E-state index contributed by atoms with van der Waals surface area (Å²) in [6, 6.07) is 0. The highest BCUT2D eigenvalue weighted by atomic mass is 16.3. The predicted molar refractivity (Wildman–Crippen MR) is 67.6 cm³/mol. The van der Waals surface area contributed by atoms with Crippen LogP contribution in [0.4, 0.5) is 0 Å². The first-order valence-electron chi connectivity index (χ1n) is 6.05. The van der Waals surface area contributed by atoms with E-state index < -0.39 is 11.2 Å². The predicted octanol–water partition coefficient (Wildman–Crippen LogP) is 0.440. The van der Waals surface area contributed by atoms with E-state index in [1.807, 2.05) is 32.8 Å². The molecule has 0 radical (unpaired) electrons. The number of hydrogen-bond acceptors (Lipinski definition) is 4. The van der Waals surface area contributed by atoms with E-state index in [1.54, 1.807) is 6.92 Å². The molecule has 4 heteroatoms. The SMILES string of the molecule is CCC(O)(CC)CNCC(C)(O)CN(C)C. The molecule has 0 aromatic carbocycles. The summed E-state index contributed by atoms with van der Waals surface area (Å²) in [5, 5.41) is 23.2. The normalized spacial score (nSPS) is 16.5. The van der Waals surface area contributed by atoms with E-state index in [0.29, 0.717) is 19.6 Å². The molecular weight excluding hydrogens is 204 g/mol. The van der Waals surface area contributed by atoms with Crippen LogP contribution in [0, 0.1) is 0 Å². The zero-order valence-electron chi connectivity index (χ0n) is 11.4. The van der Waals surface area contributed by atoms with Crippen LogP contribution >= 0.6 is 0 Å². The summed E-state index contributed by atoms with van der Waals surface area (Å²) in [6.45, 7) is 7.39. The maximum Gasteiger partial charge on any atom is 0.0869 e. The fourth-order valence-electron chi connectivity index (χ4n) is 1.80. The molecule has 0 saturated carbocycles. The Morgan fingerprint density at radius 1 is 1.06 bits per heavy atom. The van der Waals surface area contributed by atoms with Crippen LogP contribution in [0.15, 0.2) is 0 Å². The molecule has 3 N–H and O–H groups in total. The van der Waals surface area contributed by atoms with Gasteiger partial charge in [0.1, 0.15) is 0 Å². The third kappa shape index (κ3) is 6.43. The Hall–Kier alpha value is -0.160. The number of hydrogen-bond donors (Lipinski definition) is 3. The van der Waals surface area contributed by atoms with Crippen molar-refractivity contribution < 1.29 is 10.2 Å². The van der Waals surface area contributed by atoms with E-state index in [-0.39, 0.29) is 0 Å². The monoisotopic (exact) mass is 232 g/mol. The molecule has 0 rings (SSSR count). The molecule has 0 amide bonds. The molecule has 0 aliphatic rings. The van der Waals surface area contributed by atoms with Gasteiger partial charge in [0.2, 0.25) is 0 Å². The lowest BCUT2D eigenvalue weighted by Gasteiger charge is -2.30. The maximum atomic E-state index is 10.1. The van der Waals surface area contributed by atoms with Gasteiger partial charge < -0.3 is 20.4 Å². The largest absolute Gasteiger partial charge is 0.389 e. The Morgan fingerprint density at radius 3 is 1.94 bits per heavy atom. The lowest BCUT2D eigenvalue weighted by molar-refractivity contribution is 0.00911. The van der Waals surface area contributed by atoms with E-state index >= 15 is 0 Å². The van der Waals surface area contributed by atoms with Gasteiger partial charge in [0.15, 0.2) is 0 Å². The van der Waals surface area contributed by atoms with Gasteiger partial charge >= 0.3 is 0 Å². The highest BCUT2D eigenvalue weighted by Crippen LogP contribution is 2.13. The van der Waals surface area contributed by atoms with Crippen LogP contribution in [0.5, 0.6) is 0 Å².